The number of rotatable bonds is 17. The zero-order valence-corrected chi connectivity index (χ0v) is 29.3. The predicted octanol–water partition coefficient (Wildman–Crippen LogP) is 5.13. The predicted molar refractivity (Wildman–Crippen MR) is 190 cm³/mol. The van der Waals surface area contributed by atoms with E-state index in [0.717, 1.165) is 16.7 Å². The van der Waals surface area contributed by atoms with E-state index >= 15 is 0 Å². The summed E-state index contributed by atoms with van der Waals surface area (Å²) in [6.45, 7) is 2.18. The Kier molecular flexibility index (Phi) is 15.1. The van der Waals surface area contributed by atoms with E-state index < -0.39 is 48.0 Å². The van der Waals surface area contributed by atoms with E-state index in [4.69, 9.17) is 23.7 Å². The van der Waals surface area contributed by atoms with Crippen LogP contribution in [0.4, 0.5) is 4.79 Å². The molecule has 0 fully saturated rings. The highest BCUT2D eigenvalue weighted by Gasteiger charge is 2.28. The summed E-state index contributed by atoms with van der Waals surface area (Å²) in [6, 6.07) is 28.7. The Hall–Kier alpha value is -6.50. The van der Waals surface area contributed by atoms with Crippen molar-refractivity contribution < 1.29 is 52.5 Å². The molecule has 0 radical (unpaired) electrons. The SMILES string of the molecule is CC(=O)Oc1ccc(C[C@H](NC(=O)CC[C@H](NC(=O)OCc2ccccc2)C(=O)OCc2ccccc2)C(=O)OCc2ccccc2)cc1OC(C)=O. The summed E-state index contributed by atoms with van der Waals surface area (Å²) >= 11 is 0. The summed E-state index contributed by atoms with van der Waals surface area (Å²) in [5.74, 6) is -3.56. The van der Waals surface area contributed by atoms with Gasteiger partial charge in [-0.05, 0) is 40.8 Å². The molecule has 0 spiro atoms. The van der Waals surface area contributed by atoms with Gasteiger partial charge < -0.3 is 34.3 Å². The van der Waals surface area contributed by atoms with Crippen molar-refractivity contribution in [3.8, 4) is 11.5 Å². The minimum atomic E-state index is -1.27. The number of nitrogens with one attached hydrogen (secondary N) is 2. The van der Waals surface area contributed by atoms with Gasteiger partial charge in [0.05, 0.1) is 0 Å². The molecule has 13 heteroatoms. The quantitative estimate of drug-likeness (QED) is 0.0841. The summed E-state index contributed by atoms with van der Waals surface area (Å²) in [7, 11) is 0. The van der Waals surface area contributed by atoms with E-state index in [9.17, 15) is 28.8 Å². The van der Waals surface area contributed by atoms with Crippen molar-refractivity contribution in [1.29, 1.82) is 0 Å². The fourth-order valence-corrected chi connectivity index (χ4v) is 4.94. The highest BCUT2D eigenvalue weighted by atomic mass is 16.6. The van der Waals surface area contributed by atoms with Crippen molar-refractivity contribution >= 4 is 35.9 Å². The Labute approximate surface area is 306 Å². The van der Waals surface area contributed by atoms with Gasteiger partial charge in [0.1, 0.15) is 31.9 Å². The average molecular weight is 725 g/mol. The lowest BCUT2D eigenvalue weighted by molar-refractivity contribution is -0.150. The summed E-state index contributed by atoms with van der Waals surface area (Å²) in [5, 5.41) is 5.15. The molecule has 2 atom stereocenters. The van der Waals surface area contributed by atoms with Gasteiger partial charge in [0.15, 0.2) is 11.5 Å². The molecule has 2 N–H and O–H groups in total. The van der Waals surface area contributed by atoms with Gasteiger partial charge in [0, 0.05) is 26.7 Å². The van der Waals surface area contributed by atoms with Crippen LogP contribution in [-0.2, 0) is 64.4 Å². The van der Waals surface area contributed by atoms with Gasteiger partial charge in [0.25, 0.3) is 0 Å². The van der Waals surface area contributed by atoms with Gasteiger partial charge in [-0.3, -0.25) is 14.4 Å². The number of ether oxygens (including phenoxy) is 5. The third kappa shape index (κ3) is 14.0. The Morgan fingerprint density at radius 2 is 1.00 bits per heavy atom. The average Bonchev–Trinajstić information content (AvgIpc) is 3.15. The van der Waals surface area contributed by atoms with Crippen LogP contribution < -0.4 is 20.1 Å². The first-order valence-electron chi connectivity index (χ1n) is 16.7. The maximum atomic E-state index is 13.4. The monoisotopic (exact) mass is 724 g/mol. The van der Waals surface area contributed by atoms with Crippen LogP contribution in [0.5, 0.6) is 11.5 Å². The molecule has 4 aromatic carbocycles. The highest BCUT2D eigenvalue weighted by molar-refractivity contribution is 5.86. The lowest BCUT2D eigenvalue weighted by Crippen LogP contribution is -2.45. The molecule has 0 unspecified atom stereocenters. The molecule has 0 saturated carbocycles. The zero-order chi connectivity index (χ0) is 38.0. The molecule has 0 bridgehead atoms. The number of carbonyl (C=O) groups is 6. The minimum Gasteiger partial charge on any atom is -0.459 e. The Balaban J connectivity index is 1.47. The molecule has 53 heavy (non-hydrogen) atoms. The van der Waals surface area contributed by atoms with Crippen molar-refractivity contribution in [3.63, 3.8) is 0 Å². The second-order valence-corrected chi connectivity index (χ2v) is 11.8. The summed E-state index contributed by atoms with van der Waals surface area (Å²) < 4.78 is 26.6. The molecule has 4 aromatic rings. The van der Waals surface area contributed by atoms with E-state index in [1.165, 1.54) is 26.0 Å². The molecule has 4 rings (SSSR count). The summed E-state index contributed by atoms with van der Waals surface area (Å²) in [4.78, 5) is 76.0. The van der Waals surface area contributed by atoms with Gasteiger partial charge in [-0.1, -0.05) is 97.1 Å². The molecule has 0 saturated heterocycles. The number of alkyl carbamates (subject to hydrolysis) is 1. The van der Waals surface area contributed by atoms with Crippen LogP contribution in [0.1, 0.15) is 48.9 Å². The Bertz CT molecular complexity index is 1850. The van der Waals surface area contributed by atoms with Crippen LogP contribution >= 0.6 is 0 Å². The number of carbonyl (C=O) groups excluding carboxylic acids is 6. The smallest absolute Gasteiger partial charge is 0.408 e. The highest BCUT2D eigenvalue weighted by Crippen LogP contribution is 2.29. The second-order valence-electron chi connectivity index (χ2n) is 11.8. The molecule has 0 aliphatic carbocycles. The van der Waals surface area contributed by atoms with E-state index in [2.05, 4.69) is 10.6 Å². The molecule has 276 valence electrons. The standard InChI is InChI=1S/C40H40N2O11/c1-27(43)52-35-20-18-32(23-36(35)53-28(2)44)22-34(39(47)50-25-30-14-8-4-9-15-30)41-37(45)21-19-33(38(46)49-24-29-12-6-3-7-13-29)42-40(48)51-26-31-16-10-5-11-17-31/h3-18,20,23,33-34H,19,21-22,24-26H2,1-2H3,(H,41,45)(H,42,48)/t33-,34-/m0/s1. The van der Waals surface area contributed by atoms with Crippen LogP contribution in [0.2, 0.25) is 0 Å². The second kappa shape index (κ2) is 20.4. The van der Waals surface area contributed by atoms with E-state index in [-0.39, 0.29) is 50.6 Å². The van der Waals surface area contributed by atoms with Gasteiger partial charge in [-0.2, -0.15) is 0 Å². The molecule has 13 nitrogen and oxygen atoms in total. The van der Waals surface area contributed by atoms with E-state index in [1.54, 1.807) is 78.9 Å². The van der Waals surface area contributed by atoms with Crippen LogP contribution in [-0.4, -0.2) is 48.0 Å². The molecule has 0 aromatic heterocycles. The lowest BCUT2D eigenvalue weighted by Gasteiger charge is -2.20. The number of amides is 2. The van der Waals surface area contributed by atoms with Crippen molar-refractivity contribution in [2.24, 2.45) is 0 Å². The molecular formula is C40H40N2O11. The number of hydrogen-bond acceptors (Lipinski definition) is 11. The first-order valence-corrected chi connectivity index (χ1v) is 16.7. The van der Waals surface area contributed by atoms with Crippen LogP contribution in [0.15, 0.2) is 109 Å². The van der Waals surface area contributed by atoms with Gasteiger partial charge in [0.2, 0.25) is 5.91 Å². The van der Waals surface area contributed by atoms with Crippen molar-refractivity contribution in [2.45, 2.75) is 65.0 Å². The summed E-state index contributed by atoms with van der Waals surface area (Å²) in [5.41, 5.74) is 2.61. The number of benzene rings is 4. The largest absolute Gasteiger partial charge is 0.459 e. The topological polar surface area (TPSA) is 173 Å². The Morgan fingerprint density at radius 1 is 0.528 bits per heavy atom. The number of hydrogen-bond donors (Lipinski definition) is 2. The molecule has 0 aliphatic rings. The zero-order valence-electron chi connectivity index (χ0n) is 29.3. The fourth-order valence-electron chi connectivity index (χ4n) is 4.94. The van der Waals surface area contributed by atoms with Crippen LogP contribution in [0.25, 0.3) is 0 Å². The first kappa shape index (κ1) is 39.3. The molecular weight excluding hydrogens is 684 g/mol. The third-order valence-corrected chi connectivity index (χ3v) is 7.47. The molecule has 0 aliphatic heterocycles. The first-order chi connectivity index (χ1) is 25.5. The van der Waals surface area contributed by atoms with Gasteiger partial charge in [-0.15, -0.1) is 0 Å². The van der Waals surface area contributed by atoms with Crippen LogP contribution in [0, 0.1) is 0 Å². The van der Waals surface area contributed by atoms with E-state index in [0.29, 0.717) is 5.56 Å². The molecule has 0 heterocycles. The lowest BCUT2D eigenvalue weighted by atomic mass is 10.0. The van der Waals surface area contributed by atoms with E-state index in [1.807, 2.05) is 18.2 Å². The Morgan fingerprint density at radius 3 is 1.51 bits per heavy atom. The maximum absolute atomic E-state index is 13.4. The maximum Gasteiger partial charge on any atom is 0.408 e. The summed E-state index contributed by atoms with van der Waals surface area (Å²) in [6.07, 6.45) is -1.50. The van der Waals surface area contributed by atoms with Crippen molar-refractivity contribution in [2.75, 3.05) is 0 Å². The minimum absolute atomic E-state index is 0.0105. The van der Waals surface area contributed by atoms with Crippen molar-refractivity contribution in [3.05, 3.63) is 131 Å². The third-order valence-electron chi connectivity index (χ3n) is 7.47. The van der Waals surface area contributed by atoms with Gasteiger partial charge in [-0.25, -0.2) is 14.4 Å². The van der Waals surface area contributed by atoms with Gasteiger partial charge >= 0.3 is 30.0 Å². The fraction of sp³-hybridized carbons (Fsp3) is 0.250. The normalized spacial score (nSPS) is 11.6. The van der Waals surface area contributed by atoms with Crippen molar-refractivity contribution in [1.82, 2.24) is 10.6 Å². The molecule has 2 amide bonds. The number of esters is 4. The van der Waals surface area contributed by atoms with Crippen LogP contribution in [0.3, 0.4) is 0 Å².